The number of amides is 1. The van der Waals surface area contributed by atoms with Gasteiger partial charge in [0.1, 0.15) is 4.53 Å². The Morgan fingerprint density at radius 1 is 1.00 bits per heavy atom. The predicted octanol–water partition coefficient (Wildman–Crippen LogP) is 4.76. The van der Waals surface area contributed by atoms with Crippen LogP contribution >= 0.6 is 22.9 Å². The molecule has 2 aliphatic rings. The predicted molar refractivity (Wildman–Crippen MR) is 159 cm³/mol. The highest BCUT2D eigenvalue weighted by atomic mass is 35.5. The van der Waals surface area contributed by atoms with E-state index in [0.717, 1.165) is 22.6 Å². The largest absolute Gasteiger partial charge is 0.459 e. The van der Waals surface area contributed by atoms with E-state index >= 15 is 0 Å². The lowest BCUT2D eigenvalue weighted by Crippen LogP contribution is -2.41. The van der Waals surface area contributed by atoms with Crippen LogP contribution in [0.5, 0.6) is 0 Å². The number of halogens is 1. The standard InChI is InChI=1S/C32H26ClN3O4S/c1-18(2)40-31(39)25-19(3)34-32-36(27(25)21-13-15-22(33)16-14-21)30(38)28(41-32)26-23-11-7-8-12-24(23)35(29(26)37)17-20-9-5-4-6-10-20/h4-16,18,27H,17H2,1-3H3/b28-26-/t27-/m0/s1. The summed E-state index contributed by atoms with van der Waals surface area (Å²) >= 11 is 7.32. The molecule has 2 aliphatic heterocycles. The van der Waals surface area contributed by atoms with Gasteiger partial charge in [-0.15, -0.1) is 0 Å². The maximum absolute atomic E-state index is 14.3. The molecule has 0 fully saturated rings. The molecule has 9 heteroatoms. The Bertz CT molecular complexity index is 1910. The summed E-state index contributed by atoms with van der Waals surface area (Å²) in [5.41, 5.74) is 3.76. The maximum atomic E-state index is 14.3. The van der Waals surface area contributed by atoms with Crippen molar-refractivity contribution >= 4 is 46.1 Å². The van der Waals surface area contributed by atoms with E-state index in [4.69, 9.17) is 16.3 Å². The van der Waals surface area contributed by atoms with Crippen molar-refractivity contribution in [1.82, 2.24) is 4.57 Å². The average Bonchev–Trinajstić information content (AvgIpc) is 3.41. The minimum absolute atomic E-state index is 0.251. The number of ether oxygens (including phenoxy) is 1. The van der Waals surface area contributed by atoms with E-state index in [0.29, 0.717) is 38.8 Å². The number of fused-ring (bicyclic) bond motifs is 2. The number of carbonyl (C=O) groups excluding carboxylic acids is 2. The quantitative estimate of drug-likeness (QED) is 0.317. The molecule has 3 heterocycles. The summed E-state index contributed by atoms with van der Waals surface area (Å²) < 4.78 is 7.35. The zero-order valence-electron chi connectivity index (χ0n) is 22.6. The van der Waals surface area contributed by atoms with Gasteiger partial charge in [0.25, 0.3) is 11.5 Å². The Morgan fingerprint density at radius 3 is 2.39 bits per heavy atom. The second kappa shape index (κ2) is 10.6. The number of thiazole rings is 1. The fraction of sp³-hybridized carbons (Fsp3) is 0.188. The lowest BCUT2D eigenvalue weighted by Gasteiger charge is -2.25. The molecule has 7 nitrogen and oxygen atoms in total. The van der Waals surface area contributed by atoms with Crippen LogP contribution in [0.3, 0.4) is 0 Å². The number of benzene rings is 3. The summed E-state index contributed by atoms with van der Waals surface area (Å²) in [4.78, 5) is 48.4. The summed E-state index contributed by atoms with van der Waals surface area (Å²) in [5.74, 6) is -0.797. The Hall–Kier alpha value is -4.27. The number of rotatable bonds is 5. The number of allylic oxidation sites excluding steroid dienone is 1. The highest BCUT2D eigenvalue weighted by molar-refractivity contribution is 7.07. The summed E-state index contributed by atoms with van der Waals surface area (Å²) in [7, 11) is 0. The van der Waals surface area contributed by atoms with Crippen molar-refractivity contribution in [2.45, 2.75) is 39.5 Å². The first-order valence-electron chi connectivity index (χ1n) is 13.2. The molecular weight excluding hydrogens is 558 g/mol. The van der Waals surface area contributed by atoms with Crippen LogP contribution in [0, 0.1) is 0 Å². The number of hydrogen-bond donors (Lipinski definition) is 0. The monoisotopic (exact) mass is 583 g/mol. The lowest BCUT2D eigenvalue weighted by atomic mass is 9.96. The number of nitrogens with zero attached hydrogens (tertiary/aromatic N) is 3. The molecule has 4 aromatic rings. The molecule has 1 aromatic heterocycles. The molecule has 206 valence electrons. The summed E-state index contributed by atoms with van der Waals surface area (Å²) in [6, 6.07) is 23.4. The van der Waals surface area contributed by atoms with Gasteiger partial charge < -0.3 is 9.64 Å². The van der Waals surface area contributed by atoms with Gasteiger partial charge in [0.2, 0.25) is 0 Å². The van der Waals surface area contributed by atoms with Crippen LogP contribution in [0.4, 0.5) is 5.69 Å². The first-order chi connectivity index (χ1) is 19.7. The van der Waals surface area contributed by atoms with Gasteiger partial charge in [-0.25, -0.2) is 9.79 Å². The Balaban J connectivity index is 1.57. The molecule has 0 unspecified atom stereocenters. The zero-order chi connectivity index (χ0) is 28.8. The molecule has 0 radical (unpaired) electrons. The molecule has 3 aromatic carbocycles. The Morgan fingerprint density at radius 2 is 1.68 bits per heavy atom. The van der Waals surface area contributed by atoms with E-state index in [-0.39, 0.29) is 22.1 Å². The Kier molecular flexibility index (Phi) is 6.97. The van der Waals surface area contributed by atoms with Gasteiger partial charge in [0, 0.05) is 10.6 Å². The number of hydrogen-bond acceptors (Lipinski definition) is 6. The molecule has 0 saturated heterocycles. The molecule has 1 atom stereocenters. The van der Waals surface area contributed by atoms with Crippen molar-refractivity contribution in [3.63, 3.8) is 0 Å². The number of para-hydroxylation sites is 1. The second-order valence-corrected chi connectivity index (χ2v) is 11.6. The fourth-order valence-corrected chi connectivity index (χ4v) is 6.56. The third kappa shape index (κ3) is 4.73. The third-order valence-electron chi connectivity index (χ3n) is 7.08. The Labute approximate surface area is 245 Å². The number of anilines is 1. The van der Waals surface area contributed by atoms with Gasteiger partial charge in [0.15, 0.2) is 4.80 Å². The summed E-state index contributed by atoms with van der Waals surface area (Å²) in [6.07, 6.45) is -0.358. The normalized spacial score (nSPS) is 17.4. The van der Waals surface area contributed by atoms with Crippen molar-refractivity contribution in [3.8, 4) is 0 Å². The molecule has 0 aliphatic carbocycles. The molecule has 41 heavy (non-hydrogen) atoms. The molecule has 6 rings (SSSR count). The van der Waals surface area contributed by atoms with Crippen LogP contribution in [0.1, 0.15) is 43.5 Å². The van der Waals surface area contributed by atoms with Gasteiger partial charge in [-0.1, -0.05) is 83.6 Å². The molecule has 0 bridgehead atoms. The van der Waals surface area contributed by atoms with E-state index in [2.05, 4.69) is 4.99 Å². The van der Waals surface area contributed by atoms with Crippen LogP contribution in [0.25, 0.3) is 5.57 Å². The first kappa shape index (κ1) is 26.9. The van der Waals surface area contributed by atoms with Crippen molar-refractivity contribution in [2.75, 3.05) is 4.90 Å². The number of aromatic nitrogens is 1. The topological polar surface area (TPSA) is 81.0 Å². The summed E-state index contributed by atoms with van der Waals surface area (Å²) in [5, 5.41) is 0.530. The second-order valence-electron chi connectivity index (χ2n) is 10.2. The molecular formula is C32H26ClN3O4S. The lowest BCUT2D eigenvalue weighted by molar-refractivity contribution is -0.143. The van der Waals surface area contributed by atoms with E-state index in [1.165, 1.54) is 4.57 Å². The van der Waals surface area contributed by atoms with E-state index in [1.807, 2.05) is 54.6 Å². The fourth-order valence-electron chi connectivity index (χ4n) is 5.29. The van der Waals surface area contributed by atoms with Crippen molar-refractivity contribution < 1.29 is 14.3 Å². The van der Waals surface area contributed by atoms with Gasteiger partial charge >= 0.3 is 5.97 Å². The van der Waals surface area contributed by atoms with Crippen LogP contribution < -0.4 is 19.8 Å². The van der Waals surface area contributed by atoms with Crippen LogP contribution in [-0.2, 0) is 20.9 Å². The molecule has 1 amide bonds. The maximum Gasteiger partial charge on any atom is 0.338 e. The van der Waals surface area contributed by atoms with E-state index < -0.39 is 17.6 Å². The summed E-state index contributed by atoms with van der Waals surface area (Å²) in [6.45, 7) is 5.65. The van der Waals surface area contributed by atoms with Crippen molar-refractivity contribution in [1.29, 1.82) is 0 Å². The number of esters is 1. The van der Waals surface area contributed by atoms with Gasteiger partial charge in [-0.2, -0.15) is 0 Å². The van der Waals surface area contributed by atoms with Crippen molar-refractivity contribution in [2.24, 2.45) is 4.99 Å². The van der Waals surface area contributed by atoms with Gasteiger partial charge in [-0.3, -0.25) is 14.2 Å². The molecule has 0 saturated carbocycles. The SMILES string of the molecule is CC1=C(C(=O)OC(C)C)[C@H](c2ccc(Cl)cc2)n2c(s/c(=C3\C(=O)N(Cc4ccccc4)c4ccccc43)c2=O)=N1. The van der Waals surface area contributed by atoms with Gasteiger partial charge in [0.05, 0.1) is 41.2 Å². The van der Waals surface area contributed by atoms with Crippen LogP contribution in [0.2, 0.25) is 5.02 Å². The first-order valence-corrected chi connectivity index (χ1v) is 14.4. The number of carbonyl (C=O) groups is 2. The van der Waals surface area contributed by atoms with Crippen molar-refractivity contribution in [3.05, 3.63) is 132 Å². The molecule has 0 spiro atoms. The minimum Gasteiger partial charge on any atom is -0.459 e. The average molecular weight is 584 g/mol. The van der Waals surface area contributed by atoms with E-state index in [9.17, 15) is 14.4 Å². The van der Waals surface area contributed by atoms with E-state index in [1.54, 1.807) is 49.9 Å². The smallest absolute Gasteiger partial charge is 0.338 e. The molecule has 0 N–H and O–H groups in total. The third-order valence-corrected chi connectivity index (χ3v) is 8.38. The zero-order valence-corrected chi connectivity index (χ0v) is 24.2. The van der Waals surface area contributed by atoms with Gasteiger partial charge in [-0.05, 0) is 50.1 Å². The minimum atomic E-state index is -0.795. The van der Waals surface area contributed by atoms with Crippen LogP contribution in [-0.4, -0.2) is 22.5 Å². The highest BCUT2D eigenvalue weighted by Crippen LogP contribution is 2.37. The van der Waals surface area contributed by atoms with Crippen LogP contribution in [0.15, 0.2) is 99.9 Å². The highest BCUT2D eigenvalue weighted by Gasteiger charge is 2.37.